The summed E-state index contributed by atoms with van der Waals surface area (Å²) in [5, 5.41) is 9.28. The summed E-state index contributed by atoms with van der Waals surface area (Å²) < 4.78 is 7.58. The van der Waals surface area contributed by atoms with Gasteiger partial charge in [0.2, 0.25) is 0 Å². The molecular weight excluding hydrogens is 435 g/mol. The SMILES string of the molecule is CC(C)N(C(C)C)P(O)OCC(C#N)CCCCCc1ccc[cH-]1.[Fe+2].c1cc[cH-]c1. The van der Waals surface area contributed by atoms with Gasteiger partial charge in [-0.15, -0.1) is 0 Å². The average Bonchev–Trinajstić information content (AvgIpc) is 3.40. The molecule has 30 heavy (non-hydrogen) atoms. The van der Waals surface area contributed by atoms with Crippen LogP contribution in [0.1, 0.15) is 58.9 Å². The molecule has 0 saturated heterocycles. The Balaban J connectivity index is 0.00000122. The Morgan fingerprint density at radius 2 is 1.73 bits per heavy atom. The van der Waals surface area contributed by atoms with Crippen LogP contribution >= 0.6 is 8.53 Å². The smallest absolute Gasteiger partial charge is 0.338 e. The minimum absolute atomic E-state index is 0. The van der Waals surface area contributed by atoms with Gasteiger partial charge in [-0.05, 0) is 34.1 Å². The van der Waals surface area contributed by atoms with Crippen molar-refractivity contribution in [3.8, 4) is 6.07 Å². The van der Waals surface area contributed by atoms with Crippen LogP contribution in [0.15, 0.2) is 54.6 Å². The molecule has 2 unspecified atom stereocenters. The van der Waals surface area contributed by atoms with Gasteiger partial charge in [0.15, 0.2) is 0 Å². The first-order valence-electron chi connectivity index (χ1n) is 10.6. The number of nitrogens with zero attached hydrogens (tertiary/aromatic N) is 2. The van der Waals surface area contributed by atoms with Crippen molar-refractivity contribution in [2.45, 2.75) is 71.9 Å². The van der Waals surface area contributed by atoms with E-state index in [-0.39, 0.29) is 35.1 Å². The fourth-order valence-electron chi connectivity index (χ4n) is 3.20. The fraction of sp³-hybridized carbons (Fsp3) is 0.542. The molecule has 2 rings (SSSR count). The van der Waals surface area contributed by atoms with Gasteiger partial charge in [-0.3, -0.25) is 0 Å². The number of unbranched alkanes of at least 4 members (excludes halogenated alkanes) is 2. The molecule has 1 N–H and O–H groups in total. The van der Waals surface area contributed by atoms with Crippen molar-refractivity contribution in [3.63, 3.8) is 0 Å². The molecule has 0 spiro atoms. The van der Waals surface area contributed by atoms with Crippen molar-refractivity contribution in [2.75, 3.05) is 6.61 Å². The van der Waals surface area contributed by atoms with Crippen LogP contribution in [0, 0.1) is 17.2 Å². The summed E-state index contributed by atoms with van der Waals surface area (Å²) in [6.07, 6.45) is 5.26. The maximum absolute atomic E-state index is 10.3. The molecule has 0 heterocycles. The first-order valence-corrected chi connectivity index (χ1v) is 11.8. The maximum Gasteiger partial charge on any atom is 2.00 e. The molecule has 2 aromatic carbocycles. The van der Waals surface area contributed by atoms with Gasteiger partial charge in [-0.25, -0.2) is 28.9 Å². The van der Waals surface area contributed by atoms with Crippen LogP contribution in [0.25, 0.3) is 0 Å². The van der Waals surface area contributed by atoms with Gasteiger partial charge >= 0.3 is 17.1 Å². The molecule has 0 fully saturated rings. The van der Waals surface area contributed by atoms with Gasteiger partial charge in [0.05, 0.1) is 18.6 Å². The molecule has 0 amide bonds. The molecule has 0 aliphatic rings. The van der Waals surface area contributed by atoms with E-state index >= 15 is 0 Å². The van der Waals surface area contributed by atoms with E-state index in [9.17, 15) is 10.2 Å². The Kier molecular flexibility index (Phi) is 17.1. The fourth-order valence-corrected chi connectivity index (χ4v) is 4.43. The molecule has 0 aliphatic heterocycles. The number of hydrogen-bond acceptors (Lipinski definition) is 4. The standard InChI is InChI=1S/C19H32N2O2P.C5H5.Fe/c1-16(2)21(17(3)4)24(22)23-15-19(14-20)13-7-5-6-10-18-11-8-9-12-18;1-2-4-5-3-1;/h8-9,11-12,16-17,19,22H,5-7,10,13,15H2,1-4H3;1-5H;/q2*-1;+2. The van der Waals surface area contributed by atoms with Crippen molar-refractivity contribution < 1.29 is 26.5 Å². The van der Waals surface area contributed by atoms with Crippen LogP contribution in [0.5, 0.6) is 0 Å². The zero-order valence-corrected chi connectivity index (χ0v) is 20.7. The average molecular weight is 472 g/mol. The van der Waals surface area contributed by atoms with E-state index in [1.54, 1.807) is 0 Å². The zero-order chi connectivity index (χ0) is 21.5. The summed E-state index contributed by atoms with van der Waals surface area (Å²) in [6.45, 7) is 8.50. The minimum atomic E-state index is -1.63. The molecule has 2 aromatic rings. The van der Waals surface area contributed by atoms with E-state index in [1.165, 1.54) is 5.56 Å². The Bertz CT molecular complexity index is 613. The van der Waals surface area contributed by atoms with Crippen LogP contribution < -0.4 is 0 Å². The van der Waals surface area contributed by atoms with Crippen LogP contribution in [0.3, 0.4) is 0 Å². The van der Waals surface area contributed by atoms with Crippen molar-refractivity contribution in [3.05, 3.63) is 60.2 Å². The summed E-state index contributed by atoms with van der Waals surface area (Å²) in [4.78, 5) is 10.3. The molecule has 6 heteroatoms. The molecular formula is C24H37FeN2O2P. The normalized spacial score (nSPS) is 12.8. The monoisotopic (exact) mass is 472 g/mol. The Hall–Kier alpha value is -0.981. The van der Waals surface area contributed by atoms with Crippen LogP contribution in [0.2, 0.25) is 0 Å². The minimum Gasteiger partial charge on any atom is -0.338 e. The maximum atomic E-state index is 10.3. The van der Waals surface area contributed by atoms with Crippen molar-refractivity contribution in [1.29, 1.82) is 5.26 Å². The molecule has 4 nitrogen and oxygen atoms in total. The summed E-state index contributed by atoms with van der Waals surface area (Å²) >= 11 is 0. The predicted molar refractivity (Wildman–Crippen MR) is 123 cm³/mol. The van der Waals surface area contributed by atoms with Gasteiger partial charge in [-0.2, -0.15) is 41.2 Å². The third-order valence-corrected chi connectivity index (χ3v) is 6.33. The number of nitriles is 1. The largest absolute Gasteiger partial charge is 2.00 e. The van der Waals surface area contributed by atoms with Crippen molar-refractivity contribution in [1.82, 2.24) is 4.67 Å². The van der Waals surface area contributed by atoms with Gasteiger partial charge < -0.3 is 9.42 Å². The summed E-state index contributed by atoms with van der Waals surface area (Å²) in [5.41, 5.74) is 1.39. The molecule has 0 radical (unpaired) electrons. The number of hydrogen-bond donors (Lipinski definition) is 1. The summed E-state index contributed by atoms with van der Waals surface area (Å²) in [5.74, 6) is -0.137. The summed E-state index contributed by atoms with van der Waals surface area (Å²) in [7, 11) is -1.63. The van der Waals surface area contributed by atoms with E-state index in [1.807, 2.05) is 62.7 Å². The second-order valence-electron chi connectivity index (χ2n) is 7.80. The summed E-state index contributed by atoms with van der Waals surface area (Å²) in [6, 6.07) is 21.2. The van der Waals surface area contributed by atoms with Crippen LogP contribution in [-0.2, 0) is 28.0 Å². The van der Waals surface area contributed by atoms with Crippen LogP contribution in [-0.4, -0.2) is 28.3 Å². The first-order chi connectivity index (χ1) is 14.0. The third-order valence-electron chi connectivity index (χ3n) is 4.63. The molecule has 0 aliphatic carbocycles. The van der Waals surface area contributed by atoms with Gasteiger partial charge in [-0.1, -0.05) is 25.7 Å². The second-order valence-corrected chi connectivity index (χ2v) is 9.02. The van der Waals surface area contributed by atoms with Crippen LogP contribution in [0.4, 0.5) is 0 Å². The van der Waals surface area contributed by atoms with E-state index in [0.717, 1.165) is 32.1 Å². The van der Waals surface area contributed by atoms with Gasteiger partial charge in [0.25, 0.3) is 8.53 Å². The van der Waals surface area contributed by atoms with E-state index < -0.39 is 8.53 Å². The molecule has 168 valence electrons. The number of rotatable bonds is 12. The topological polar surface area (TPSA) is 56.5 Å². The molecule has 2 atom stereocenters. The number of aryl methyl sites for hydroxylation is 1. The quantitative estimate of drug-likeness (QED) is 0.168. The Morgan fingerprint density at radius 3 is 2.20 bits per heavy atom. The molecule has 0 bridgehead atoms. The van der Waals surface area contributed by atoms with Gasteiger partial charge in [0.1, 0.15) is 0 Å². The Labute approximate surface area is 195 Å². The Morgan fingerprint density at radius 1 is 1.07 bits per heavy atom. The van der Waals surface area contributed by atoms with E-state index in [0.29, 0.717) is 6.61 Å². The predicted octanol–water partition coefficient (Wildman–Crippen LogP) is 6.41. The molecule has 0 aromatic heterocycles. The first kappa shape index (κ1) is 29.0. The zero-order valence-electron chi connectivity index (χ0n) is 18.7. The second kappa shape index (κ2) is 17.7. The third kappa shape index (κ3) is 12.7. The molecule has 0 saturated carbocycles. The van der Waals surface area contributed by atoms with E-state index in [4.69, 9.17) is 4.52 Å². The van der Waals surface area contributed by atoms with Crippen molar-refractivity contribution >= 4 is 8.53 Å². The van der Waals surface area contributed by atoms with Gasteiger partial charge in [0, 0.05) is 12.1 Å². The van der Waals surface area contributed by atoms with E-state index in [2.05, 4.69) is 30.3 Å². The van der Waals surface area contributed by atoms with Crippen molar-refractivity contribution in [2.24, 2.45) is 5.92 Å².